The van der Waals surface area contributed by atoms with Crippen LogP contribution in [0.15, 0.2) is 87.0 Å². The third kappa shape index (κ3) is 4.70. The third-order valence-corrected chi connectivity index (χ3v) is 4.55. The first-order chi connectivity index (χ1) is 12.2. The van der Waals surface area contributed by atoms with Gasteiger partial charge in [0.1, 0.15) is 0 Å². The van der Waals surface area contributed by atoms with E-state index in [0.29, 0.717) is 0 Å². The van der Waals surface area contributed by atoms with Gasteiger partial charge in [-0.2, -0.15) is 0 Å². The molecule has 0 aromatic heterocycles. The van der Waals surface area contributed by atoms with Crippen LogP contribution in [-0.2, 0) is 32.1 Å². The SMILES string of the molecule is C=CCc1cccc(CC=C)c1Cc1c(CC=C)cccc1CC=C. The number of allylic oxidation sites excluding steroid dienone is 4. The summed E-state index contributed by atoms with van der Waals surface area (Å²) in [5, 5.41) is 0. The summed E-state index contributed by atoms with van der Waals surface area (Å²) in [5.74, 6) is 0. The molecule has 0 aliphatic rings. The van der Waals surface area contributed by atoms with Crippen LogP contribution in [0.3, 0.4) is 0 Å². The molecule has 25 heavy (non-hydrogen) atoms. The van der Waals surface area contributed by atoms with Gasteiger partial charge in [-0.15, -0.1) is 26.3 Å². The average molecular weight is 328 g/mol. The van der Waals surface area contributed by atoms with Crippen LogP contribution in [0.2, 0.25) is 0 Å². The highest BCUT2D eigenvalue weighted by Crippen LogP contribution is 2.26. The first-order valence-corrected chi connectivity index (χ1v) is 8.88. The van der Waals surface area contributed by atoms with Gasteiger partial charge in [-0.05, 0) is 65.5 Å². The zero-order chi connectivity index (χ0) is 18.1. The van der Waals surface area contributed by atoms with Crippen molar-refractivity contribution in [3.8, 4) is 0 Å². The van der Waals surface area contributed by atoms with Crippen LogP contribution < -0.4 is 0 Å². The number of benzene rings is 2. The quantitative estimate of drug-likeness (QED) is 0.456. The van der Waals surface area contributed by atoms with Crippen molar-refractivity contribution in [1.29, 1.82) is 0 Å². The van der Waals surface area contributed by atoms with Crippen LogP contribution in [0.4, 0.5) is 0 Å². The second kappa shape index (κ2) is 9.64. The van der Waals surface area contributed by atoms with Crippen LogP contribution in [-0.4, -0.2) is 0 Å². The van der Waals surface area contributed by atoms with E-state index < -0.39 is 0 Å². The summed E-state index contributed by atoms with van der Waals surface area (Å²) in [4.78, 5) is 0. The van der Waals surface area contributed by atoms with Gasteiger partial charge >= 0.3 is 0 Å². The highest BCUT2D eigenvalue weighted by Gasteiger charge is 2.13. The van der Waals surface area contributed by atoms with E-state index in [1.54, 1.807) is 0 Å². The lowest BCUT2D eigenvalue weighted by Gasteiger charge is -2.18. The van der Waals surface area contributed by atoms with E-state index in [9.17, 15) is 0 Å². The predicted octanol–water partition coefficient (Wildman–Crippen LogP) is 6.19. The minimum atomic E-state index is 0.890. The highest BCUT2D eigenvalue weighted by molar-refractivity contribution is 5.46. The monoisotopic (exact) mass is 328 g/mol. The number of hydrogen-bond acceptors (Lipinski definition) is 0. The van der Waals surface area contributed by atoms with Gasteiger partial charge in [0.2, 0.25) is 0 Å². The van der Waals surface area contributed by atoms with Crippen molar-refractivity contribution in [3.05, 3.63) is 120 Å². The predicted molar refractivity (Wildman–Crippen MR) is 111 cm³/mol. The molecule has 0 heterocycles. The lowest BCUT2D eigenvalue weighted by atomic mass is 9.86. The normalized spacial score (nSPS) is 10.2. The molecule has 2 rings (SSSR count). The molecule has 0 heteroatoms. The summed E-state index contributed by atoms with van der Waals surface area (Å²) in [6.45, 7) is 15.7. The van der Waals surface area contributed by atoms with Crippen LogP contribution in [0.5, 0.6) is 0 Å². The molecule has 0 saturated heterocycles. The fourth-order valence-corrected chi connectivity index (χ4v) is 3.39. The Morgan fingerprint density at radius 1 is 0.520 bits per heavy atom. The maximum absolute atomic E-state index is 3.93. The topological polar surface area (TPSA) is 0 Å². The molecular weight excluding hydrogens is 300 g/mol. The second-order valence-electron chi connectivity index (χ2n) is 6.26. The van der Waals surface area contributed by atoms with Crippen molar-refractivity contribution in [2.75, 3.05) is 0 Å². The van der Waals surface area contributed by atoms with E-state index in [1.165, 1.54) is 33.4 Å². The van der Waals surface area contributed by atoms with E-state index in [0.717, 1.165) is 32.1 Å². The smallest absolute Gasteiger partial charge is 0.00144 e. The molecule has 0 radical (unpaired) electrons. The zero-order valence-electron chi connectivity index (χ0n) is 15.1. The Hall–Kier alpha value is -2.60. The molecule has 0 N–H and O–H groups in total. The fraction of sp³-hybridized carbons (Fsp3) is 0.200. The molecule has 2 aromatic carbocycles. The minimum absolute atomic E-state index is 0.890. The van der Waals surface area contributed by atoms with Crippen LogP contribution >= 0.6 is 0 Å². The molecule has 0 nitrogen and oxygen atoms in total. The summed E-state index contributed by atoms with van der Waals surface area (Å²) in [5.41, 5.74) is 8.23. The average Bonchev–Trinajstić information content (AvgIpc) is 2.61. The van der Waals surface area contributed by atoms with Crippen molar-refractivity contribution in [2.45, 2.75) is 32.1 Å². The van der Waals surface area contributed by atoms with Gasteiger partial charge in [-0.25, -0.2) is 0 Å². The van der Waals surface area contributed by atoms with Gasteiger partial charge in [0.25, 0.3) is 0 Å². The van der Waals surface area contributed by atoms with E-state index in [1.807, 2.05) is 24.3 Å². The van der Waals surface area contributed by atoms with E-state index in [2.05, 4.69) is 62.7 Å². The van der Waals surface area contributed by atoms with Crippen molar-refractivity contribution < 1.29 is 0 Å². The van der Waals surface area contributed by atoms with E-state index in [4.69, 9.17) is 0 Å². The molecule has 0 atom stereocenters. The standard InChI is InChI=1S/C25H28/c1-5-11-20-15-9-16-21(12-6-2)24(20)19-25-22(13-7-3)17-10-18-23(25)14-8-4/h5-10,15-18H,1-4,11-14,19H2. The molecule has 0 aliphatic heterocycles. The van der Waals surface area contributed by atoms with Gasteiger partial charge < -0.3 is 0 Å². The lowest BCUT2D eigenvalue weighted by Crippen LogP contribution is -2.06. The van der Waals surface area contributed by atoms with Crippen LogP contribution in [0.25, 0.3) is 0 Å². The molecule has 0 aliphatic carbocycles. The Bertz CT molecular complexity index is 640. The third-order valence-electron chi connectivity index (χ3n) is 4.55. The minimum Gasteiger partial charge on any atom is -0.103 e. The molecule has 0 fully saturated rings. The fourth-order valence-electron chi connectivity index (χ4n) is 3.39. The number of rotatable bonds is 10. The molecule has 0 spiro atoms. The van der Waals surface area contributed by atoms with Crippen LogP contribution in [0.1, 0.15) is 33.4 Å². The Morgan fingerprint density at radius 3 is 1.04 bits per heavy atom. The lowest BCUT2D eigenvalue weighted by molar-refractivity contribution is 1.01. The van der Waals surface area contributed by atoms with Gasteiger partial charge in [-0.1, -0.05) is 60.7 Å². The maximum Gasteiger partial charge on any atom is -0.00144 e. The molecule has 2 aromatic rings. The highest BCUT2D eigenvalue weighted by atomic mass is 14.2. The summed E-state index contributed by atoms with van der Waals surface area (Å²) in [6, 6.07) is 13.1. The van der Waals surface area contributed by atoms with Crippen molar-refractivity contribution in [3.63, 3.8) is 0 Å². The Balaban J connectivity index is 2.57. The molecule has 0 amide bonds. The van der Waals surface area contributed by atoms with Gasteiger partial charge in [0.15, 0.2) is 0 Å². The Morgan fingerprint density at radius 2 is 0.800 bits per heavy atom. The molecule has 0 unspecified atom stereocenters. The van der Waals surface area contributed by atoms with Gasteiger partial charge in [0, 0.05) is 0 Å². The molecule has 0 bridgehead atoms. The summed E-state index contributed by atoms with van der Waals surface area (Å²) < 4.78 is 0. The molecule has 0 saturated carbocycles. The van der Waals surface area contributed by atoms with Crippen molar-refractivity contribution >= 4 is 0 Å². The first kappa shape index (κ1) is 18.7. The maximum atomic E-state index is 3.93. The zero-order valence-corrected chi connectivity index (χ0v) is 15.1. The van der Waals surface area contributed by atoms with Crippen molar-refractivity contribution in [1.82, 2.24) is 0 Å². The number of hydrogen-bond donors (Lipinski definition) is 0. The largest absolute Gasteiger partial charge is 0.103 e. The first-order valence-electron chi connectivity index (χ1n) is 8.88. The summed E-state index contributed by atoms with van der Waals surface area (Å²) in [6.07, 6.45) is 12.4. The Kier molecular flexibility index (Phi) is 7.22. The summed E-state index contributed by atoms with van der Waals surface area (Å²) >= 11 is 0. The molecular formula is C25H28. The molecule has 128 valence electrons. The second-order valence-corrected chi connectivity index (χ2v) is 6.26. The van der Waals surface area contributed by atoms with E-state index >= 15 is 0 Å². The van der Waals surface area contributed by atoms with Gasteiger partial charge in [0.05, 0.1) is 0 Å². The Labute approximate surface area is 152 Å². The summed E-state index contributed by atoms with van der Waals surface area (Å²) in [7, 11) is 0. The van der Waals surface area contributed by atoms with E-state index in [-0.39, 0.29) is 0 Å². The van der Waals surface area contributed by atoms with Crippen LogP contribution in [0, 0.1) is 0 Å². The van der Waals surface area contributed by atoms with Gasteiger partial charge in [-0.3, -0.25) is 0 Å². The van der Waals surface area contributed by atoms with Crippen molar-refractivity contribution in [2.24, 2.45) is 0 Å².